The molecule has 3 heteroatoms. The molecule has 2 aliphatic carbocycles. The highest BCUT2D eigenvalue weighted by atomic mass is 16.5. The van der Waals surface area contributed by atoms with Crippen molar-refractivity contribution in [2.75, 3.05) is 6.61 Å². The van der Waals surface area contributed by atoms with E-state index in [1.807, 2.05) is 0 Å². The van der Waals surface area contributed by atoms with Crippen LogP contribution in [0.15, 0.2) is 0 Å². The number of carbonyl (C=O) groups is 1. The van der Waals surface area contributed by atoms with Crippen molar-refractivity contribution in [2.45, 2.75) is 58.5 Å². The summed E-state index contributed by atoms with van der Waals surface area (Å²) in [5.74, 6) is 1.56. The van der Waals surface area contributed by atoms with Crippen molar-refractivity contribution < 1.29 is 14.6 Å². The molecule has 0 radical (unpaired) electrons. The Morgan fingerprint density at radius 1 is 1.16 bits per heavy atom. The van der Waals surface area contributed by atoms with Gasteiger partial charge in [-0.25, -0.2) is 0 Å². The standard InChI is InChI=1S/C16H26O3/c1-10-7-11(2)9-13(8-10)16(15(17)18)5-6-19-14(16)12-3-4-12/h10-14H,3-9H2,1-2H3,(H,17,18). The third kappa shape index (κ3) is 2.20. The molecule has 1 heterocycles. The molecule has 108 valence electrons. The summed E-state index contributed by atoms with van der Waals surface area (Å²) in [4.78, 5) is 12.1. The largest absolute Gasteiger partial charge is 0.481 e. The maximum atomic E-state index is 12.1. The van der Waals surface area contributed by atoms with Crippen LogP contribution in [0.25, 0.3) is 0 Å². The lowest BCUT2D eigenvalue weighted by Gasteiger charge is -2.43. The highest BCUT2D eigenvalue weighted by molar-refractivity contribution is 5.76. The average Bonchev–Trinajstić information content (AvgIpc) is 3.06. The number of carboxylic acid groups (broad SMARTS) is 1. The van der Waals surface area contributed by atoms with Gasteiger partial charge in [-0.05, 0) is 62.2 Å². The number of aliphatic carboxylic acids is 1. The van der Waals surface area contributed by atoms with E-state index in [2.05, 4.69) is 13.8 Å². The van der Waals surface area contributed by atoms with Crippen molar-refractivity contribution >= 4 is 5.97 Å². The van der Waals surface area contributed by atoms with E-state index in [1.54, 1.807) is 0 Å². The summed E-state index contributed by atoms with van der Waals surface area (Å²) in [6, 6.07) is 0. The van der Waals surface area contributed by atoms with Gasteiger partial charge in [0.05, 0.1) is 11.5 Å². The molecule has 0 aromatic rings. The van der Waals surface area contributed by atoms with Crippen molar-refractivity contribution in [3.8, 4) is 0 Å². The second-order valence-corrected chi connectivity index (χ2v) is 7.34. The first-order chi connectivity index (χ1) is 9.04. The minimum Gasteiger partial charge on any atom is -0.481 e. The van der Waals surface area contributed by atoms with E-state index in [-0.39, 0.29) is 6.10 Å². The minimum absolute atomic E-state index is 0.00694. The van der Waals surface area contributed by atoms with Gasteiger partial charge in [0.2, 0.25) is 0 Å². The first-order valence-corrected chi connectivity index (χ1v) is 7.89. The van der Waals surface area contributed by atoms with Crippen LogP contribution in [0, 0.1) is 29.1 Å². The summed E-state index contributed by atoms with van der Waals surface area (Å²) in [7, 11) is 0. The molecule has 3 aliphatic rings. The fourth-order valence-electron chi connectivity index (χ4n) is 4.81. The van der Waals surface area contributed by atoms with E-state index in [9.17, 15) is 9.90 Å². The Balaban J connectivity index is 1.89. The summed E-state index contributed by atoms with van der Waals surface area (Å²) >= 11 is 0. The molecule has 1 N–H and O–H groups in total. The fourth-order valence-corrected chi connectivity index (χ4v) is 4.81. The molecule has 19 heavy (non-hydrogen) atoms. The van der Waals surface area contributed by atoms with Gasteiger partial charge in [0.15, 0.2) is 0 Å². The van der Waals surface area contributed by atoms with E-state index < -0.39 is 11.4 Å². The number of carboxylic acids is 1. The van der Waals surface area contributed by atoms with Gasteiger partial charge in [-0.2, -0.15) is 0 Å². The predicted molar refractivity (Wildman–Crippen MR) is 72.8 cm³/mol. The molecule has 0 bridgehead atoms. The zero-order valence-corrected chi connectivity index (χ0v) is 12.1. The summed E-state index contributed by atoms with van der Waals surface area (Å²) < 4.78 is 5.90. The van der Waals surface area contributed by atoms with Crippen LogP contribution in [0.3, 0.4) is 0 Å². The minimum atomic E-state index is -0.590. The number of rotatable bonds is 3. The second-order valence-electron chi connectivity index (χ2n) is 7.34. The smallest absolute Gasteiger partial charge is 0.312 e. The summed E-state index contributed by atoms with van der Waals surface area (Å²) in [5.41, 5.74) is -0.579. The van der Waals surface area contributed by atoms with Gasteiger partial charge in [0.25, 0.3) is 0 Å². The van der Waals surface area contributed by atoms with Gasteiger partial charge in [-0.1, -0.05) is 13.8 Å². The van der Waals surface area contributed by atoms with Crippen LogP contribution in [-0.4, -0.2) is 23.8 Å². The lowest BCUT2D eigenvalue weighted by Crippen LogP contribution is -2.48. The van der Waals surface area contributed by atoms with E-state index in [4.69, 9.17) is 4.74 Å². The molecule has 0 aromatic heterocycles. The Labute approximate surface area is 115 Å². The van der Waals surface area contributed by atoms with Crippen molar-refractivity contribution in [3.63, 3.8) is 0 Å². The summed E-state index contributed by atoms with van der Waals surface area (Å²) in [6.45, 7) is 5.20. The van der Waals surface area contributed by atoms with Crippen LogP contribution in [-0.2, 0) is 9.53 Å². The maximum absolute atomic E-state index is 12.1. The van der Waals surface area contributed by atoms with E-state index in [0.717, 1.165) is 32.1 Å². The highest BCUT2D eigenvalue weighted by Crippen LogP contribution is 2.56. The summed E-state index contributed by atoms with van der Waals surface area (Å²) in [5, 5.41) is 9.96. The fraction of sp³-hybridized carbons (Fsp3) is 0.938. The van der Waals surface area contributed by atoms with Gasteiger partial charge < -0.3 is 9.84 Å². The monoisotopic (exact) mass is 266 g/mol. The Morgan fingerprint density at radius 2 is 1.79 bits per heavy atom. The first kappa shape index (κ1) is 13.4. The number of hydrogen-bond acceptors (Lipinski definition) is 2. The van der Waals surface area contributed by atoms with E-state index >= 15 is 0 Å². The van der Waals surface area contributed by atoms with Crippen molar-refractivity contribution in [1.82, 2.24) is 0 Å². The van der Waals surface area contributed by atoms with Crippen LogP contribution in [0.5, 0.6) is 0 Å². The van der Waals surface area contributed by atoms with E-state index in [0.29, 0.717) is 30.3 Å². The Bertz CT molecular complexity index is 353. The average molecular weight is 266 g/mol. The molecule has 3 rings (SSSR count). The molecular weight excluding hydrogens is 240 g/mol. The van der Waals surface area contributed by atoms with Crippen LogP contribution >= 0.6 is 0 Å². The zero-order chi connectivity index (χ0) is 13.6. The molecule has 4 atom stereocenters. The molecule has 1 saturated heterocycles. The van der Waals surface area contributed by atoms with Crippen LogP contribution < -0.4 is 0 Å². The van der Waals surface area contributed by atoms with Gasteiger partial charge in [-0.3, -0.25) is 4.79 Å². The molecule has 3 fully saturated rings. The lowest BCUT2D eigenvalue weighted by molar-refractivity contribution is -0.160. The Hall–Kier alpha value is -0.570. The zero-order valence-electron chi connectivity index (χ0n) is 12.1. The van der Waals surface area contributed by atoms with Crippen molar-refractivity contribution in [2.24, 2.45) is 29.1 Å². The first-order valence-electron chi connectivity index (χ1n) is 7.89. The third-order valence-corrected chi connectivity index (χ3v) is 5.68. The molecule has 1 aliphatic heterocycles. The molecule has 0 aromatic carbocycles. The lowest BCUT2D eigenvalue weighted by atomic mass is 9.60. The highest BCUT2D eigenvalue weighted by Gasteiger charge is 2.60. The van der Waals surface area contributed by atoms with Crippen molar-refractivity contribution in [3.05, 3.63) is 0 Å². The molecule has 0 spiro atoms. The third-order valence-electron chi connectivity index (χ3n) is 5.68. The van der Waals surface area contributed by atoms with E-state index in [1.165, 1.54) is 6.42 Å². The Morgan fingerprint density at radius 3 is 2.32 bits per heavy atom. The number of hydrogen-bond donors (Lipinski definition) is 1. The van der Waals surface area contributed by atoms with Crippen LogP contribution in [0.1, 0.15) is 52.4 Å². The van der Waals surface area contributed by atoms with Gasteiger partial charge in [0.1, 0.15) is 0 Å². The van der Waals surface area contributed by atoms with Gasteiger partial charge in [-0.15, -0.1) is 0 Å². The molecule has 3 nitrogen and oxygen atoms in total. The number of ether oxygens (including phenoxy) is 1. The SMILES string of the molecule is CC1CC(C)CC(C2(C(=O)O)CCOC2C2CC2)C1. The predicted octanol–water partition coefficient (Wildman–Crippen LogP) is 3.33. The molecule has 2 saturated carbocycles. The maximum Gasteiger partial charge on any atom is 0.312 e. The Kier molecular flexibility index (Phi) is 3.36. The second kappa shape index (κ2) is 4.76. The van der Waals surface area contributed by atoms with Gasteiger partial charge >= 0.3 is 5.97 Å². The quantitative estimate of drug-likeness (QED) is 0.852. The van der Waals surface area contributed by atoms with Crippen LogP contribution in [0.2, 0.25) is 0 Å². The topological polar surface area (TPSA) is 46.5 Å². The van der Waals surface area contributed by atoms with Crippen molar-refractivity contribution in [1.29, 1.82) is 0 Å². The molecule has 0 amide bonds. The van der Waals surface area contributed by atoms with Crippen LogP contribution in [0.4, 0.5) is 0 Å². The summed E-state index contributed by atoms with van der Waals surface area (Å²) in [6.07, 6.45) is 6.45. The normalized spacial score (nSPS) is 47.3. The van der Waals surface area contributed by atoms with Gasteiger partial charge in [0, 0.05) is 6.61 Å². The molecular formula is C16H26O3. The molecule has 4 unspecified atom stereocenters.